The van der Waals surface area contributed by atoms with Crippen LogP contribution in [0.2, 0.25) is 0 Å². The zero-order valence-corrected chi connectivity index (χ0v) is 16.6. The van der Waals surface area contributed by atoms with Crippen molar-refractivity contribution in [1.29, 1.82) is 0 Å². The number of rotatable bonds is 7. The van der Waals surface area contributed by atoms with E-state index in [9.17, 15) is 9.59 Å². The molecule has 0 bridgehead atoms. The topological polar surface area (TPSA) is 99.0 Å². The van der Waals surface area contributed by atoms with Crippen molar-refractivity contribution in [2.45, 2.75) is 32.9 Å². The summed E-state index contributed by atoms with van der Waals surface area (Å²) in [6, 6.07) is 10.3. The first-order chi connectivity index (χ1) is 14.0. The molecule has 0 aliphatic rings. The average molecular weight is 393 g/mol. The monoisotopic (exact) mass is 393 g/mol. The van der Waals surface area contributed by atoms with Crippen LogP contribution < -0.4 is 15.6 Å². The molecule has 2 heterocycles. The Bertz CT molecular complexity index is 1030. The number of nitrogens with one attached hydrogen (secondary N) is 1. The molecule has 29 heavy (non-hydrogen) atoms. The van der Waals surface area contributed by atoms with Crippen molar-refractivity contribution in [3.8, 4) is 17.0 Å². The number of ether oxygens (including phenoxy) is 1. The highest BCUT2D eigenvalue weighted by molar-refractivity contribution is 5.92. The first-order valence-corrected chi connectivity index (χ1v) is 9.32. The Morgan fingerprint density at radius 1 is 1.14 bits per heavy atom. The normalized spacial score (nSPS) is 11.7. The molecule has 0 unspecified atom stereocenters. The Kier molecular flexibility index (Phi) is 6.33. The SMILES string of the molecule is CC[C@H](Cn1nc(-c2ccc(OC)cc2)ccc1=O)NC(=O)c1cnc(C)cn1. The predicted molar refractivity (Wildman–Crippen MR) is 109 cm³/mol. The maximum absolute atomic E-state index is 12.4. The summed E-state index contributed by atoms with van der Waals surface area (Å²) in [7, 11) is 1.61. The Hall–Kier alpha value is -3.55. The first-order valence-electron chi connectivity index (χ1n) is 9.32. The van der Waals surface area contributed by atoms with Gasteiger partial charge in [-0.05, 0) is 43.7 Å². The lowest BCUT2D eigenvalue weighted by atomic mass is 10.1. The third kappa shape index (κ3) is 5.04. The van der Waals surface area contributed by atoms with Crippen LogP contribution in [0.3, 0.4) is 0 Å². The van der Waals surface area contributed by atoms with Crippen molar-refractivity contribution >= 4 is 5.91 Å². The lowest BCUT2D eigenvalue weighted by Crippen LogP contribution is -2.40. The summed E-state index contributed by atoms with van der Waals surface area (Å²) in [5, 5.41) is 7.36. The highest BCUT2D eigenvalue weighted by Crippen LogP contribution is 2.19. The molecule has 0 saturated carbocycles. The second-order valence-electron chi connectivity index (χ2n) is 6.59. The molecule has 0 radical (unpaired) electrons. The van der Waals surface area contributed by atoms with Gasteiger partial charge in [0, 0.05) is 23.9 Å². The number of aryl methyl sites for hydroxylation is 1. The molecule has 8 heteroatoms. The molecule has 0 fully saturated rings. The molecule has 3 aromatic rings. The van der Waals surface area contributed by atoms with E-state index >= 15 is 0 Å². The van der Waals surface area contributed by atoms with Gasteiger partial charge in [-0.25, -0.2) is 9.67 Å². The largest absolute Gasteiger partial charge is 0.497 e. The molecule has 150 valence electrons. The molecule has 8 nitrogen and oxygen atoms in total. The van der Waals surface area contributed by atoms with Crippen molar-refractivity contribution in [3.63, 3.8) is 0 Å². The maximum atomic E-state index is 12.4. The number of aromatic nitrogens is 4. The highest BCUT2D eigenvalue weighted by Gasteiger charge is 2.16. The number of carbonyl (C=O) groups excluding carboxylic acids is 1. The van der Waals surface area contributed by atoms with E-state index in [2.05, 4.69) is 20.4 Å². The molecule has 1 N–H and O–H groups in total. The van der Waals surface area contributed by atoms with E-state index in [0.29, 0.717) is 12.1 Å². The molecule has 1 atom stereocenters. The number of carbonyl (C=O) groups is 1. The molecular weight excluding hydrogens is 370 g/mol. The van der Waals surface area contributed by atoms with Gasteiger partial charge >= 0.3 is 0 Å². The van der Waals surface area contributed by atoms with Gasteiger partial charge < -0.3 is 10.1 Å². The van der Waals surface area contributed by atoms with Crippen LogP contribution in [0, 0.1) is 6.92 Å². The summed E-state index contributed by atoms with van der Waals surface area (Å²) in [6.07, 6.45) is 3.61. The minimum absolute atomic E-state index is 0.231. The van der Waals surface area contributed by atoms with Crippen molar-refractivity contribution in [2.24, 2.45) is 0 Å². The fourth-order valence-corrected chi connectivity index (χ4v) is 2.75. The van der Waals surface area contributed by atoms with E-state index in [1.54, 1.807) is 26.3 Å². The van der Waals surface area contributed by atoms with Crippen molar-refractivity contribution in [1.82, 2.24) is 25.1 Å². The average Bonchev–Trinajstić information content (AvgIpc) is 2.75. The molecule has 0 aliphatic carbocycles. The Morgan fingerprint density at radius 3 is 2.52 bits per heavy atom. The van der Waals surface area contributed by atoms with E-state index in [4.69, 9.17) is 4.74 Å². The molecule has 1 aromatic carbocycles. The van der Waals surface area contributed by atoms with Crippen molar-refractivity contribution in [3.05, 3.63) is 70.5 Å². The van der Waals surface area contributed by atoms with E-state index in [1.165, 1.54) is 16.9 Å². The van der Waals surface area contributed by atoms with Crippen LogP contribution in [0.4, 0.5) is 0 Å². The molecular formula is C21H23N5O3. The standard InChI is InChI=1S/C21H23N5O3/c1-4-16(24-21(28)19-12-22-14(2)11-23-19)13-26-20(27)10-9-18(25-26)15-5-7-17(29-3)8-6-15/h5-12,16H,4,13H2,1-3H3,(H,24,28)/t16-/m1/s1. The number of methoxy groups -OCH3 is 1. The zero-order valence-electron chi connectivity index (χ0n) is 16.6. The Labute approximate surface area is 168 Å². The summed E-state index contributed by atoms with van der Waals surface area (Å²) in [4.78, 5) is 32.9. The summed E-state index contributed by atoms with van der Waals surface area (Å²) in [5.74, 6) is 0.416. The quantitative estimate of drug-likeness (QED) is 0.661. The lowest BCUT2D eigenvalue weighted by Gasteiger charge is -2.18. The second-order valence-corrected chi connectivity index (χ2v) is 6.59. The Morgan fingerprint density at radius 2 is 1.90 bits per heavy atom. The lowest BCUT2D eigenvalue weighted by molar-refractivity contribution is 0.0925. The summed E-state index contributed by atoms with van der Waals surface area (Å²) >= 11 is 0. The fraction of sp³-hybridized carbons (Fsp3) is 0.286. The van der Waals surface area contributed by atoms with Crippen LogP contribution in [0.1, 0.15) is 29.5 Å². The van der Waals surface area contributed by atoms with Gasteiger partial charge in [0.05, 0.1) is 31.2 Å². The molecule has 0 spiro atoms. The molecule has 1 amide bonds. The predicted octanol–water partition coefficient (Wildman–Crippen LogP) is 2.23. The number of amides is 1. The summed E-state index contributed by atoms with van der Waals surface area (Å²) < 4.78 is 6.54. The number of hydrogen-bond acceptors (Lipinski definition) is 6. The van der Waals surface area contributed by atoms with Crippen LogP contribution in [-0.4, -0.2) is 38.8 Å². The fourth-order valence-electron chi connectivity index (χ4n) is 2.75. The van der Waals surface area contributed by atoms with Crippen LogP contribution in [-0.2, 0) is 6.54 Å². The number of hydrogen-bond donors (Lipinski definition) is 1. The van der Waals surface area contributed by atoms with Crippen LogP contribution in [0.5, 0.6) is 5.75 Å². The van der Waals surface area contributed by atoms with Crippen molar-refractivity contribution in [2.75, 3.05) is 7.11 Å². The van der Waals surface area contributed by atoms with Crippen LogP contribution in [0.15, 0.2) is 53.6 Å². The van der Waals surface area contributed by atoms with Gasteiger partial charge in [0.15, 0.2) is 0 Å². The van der Waals surface area contributed by atoms with Crippen molar-refractivity contribution < 1.29 is 9.53 Å². The zero-order chi connectivity index (χ0) is 20.8. The van der Waals surface area contributed by atoms with Gasteiger partial charge in [0.1, 0.15) is 11.4 Å². The van der Waals surface area contributed by atoms with Gasteiger partial charge in [-0.1, -0.05) is 6.92 Å². The van der Waals surface area contributed by atoms with E-state index in [-0.39, 0.29) is 29.7 Å². The van der Waals surface area contributed by atoms with Crippen LogP contribution >= 0.6 is 0 Å². The highest BCUT2D eigenvalue weighted by atomic mass is 16.5. The summed E-state index contributed by atoms with van der Waals surface area (Å²) in [5.41, 5.74) is 2.27. The number of nitrogens with zero attached hydrogens (tertiary/aromatic N) is 4. The summed E-state index contributed by atoms with van der Waals surface area (Å²) in [6.45, 7) is 3.99. The molecule has 0 aliphatic heterocycles. The molecule has 3 rings (SSSR count). The van der Waals surface area contributed by atoms with E-state index < -0.39 is 0 Å². The van der Waals surface area contributed by atoms with E-state index in [0.717, 1.165) is 17.0 Å². The third-order valence-corrected chi connectivity index (χ3v) is 4.49. The maximum Gasteiger partial charge on any atom is 0.271 e. The van der Waals surface area contributed by atoms with Crippen LogP contribution in [0.25, 0.3) is 11.3 Å². The second kappa shape index (κ2) is 9.09. The van der Waals surface area contributed by atoms with Gasteiger partial charge in [-0.3, -0.25) is 14.6 Å². The number of benzene rings is 1. The molecule has 0 saturated heterocycles. The Balaban J connectivity index is 1.77. The van der Waals surface area contributed by atoms with Gasteiger partial charge in [-0.2, -0.15) is 5.10 Å². The molecule has 2 aromatic heterocycles. The smallest absolute Gasteiger partial charge is 0.271 e. The first kappa shape index (κ1) is 20.2. The van der Waals surface area contributed by atoms with Gasteiger partial charge in [-0.15, -0.1) is 0 Å². The van der Waals surface area contributed by atoms with Gasteiger partial charge in [0.2, 0.25) is 0 Å². The van der Waals surface area contributed by atoms with Gasteiger partial charge in [0.25, 0.3) is 11.5 Å². The third-order valence-electron chi connectivity index (χ3n) is 4.49. The minimum atomic E-state index is -0.330. The van der Waals surface area contributed by atoms with E-state index in [1.807, 2.05) is 31.2 Å². The minimum Gasteiger partial charge on any atom is -0.497 e.